The van der Waals surface area contributed by atoms with E-state index in [1.165, 1.54) is 12.1 Å². The minimum Gasteiger partial charge on any atom is -0.487 e. The van der Waals surface area contributed by atoms with Gasteiger partial charge in [-0.15, -0.1) is 0 Å². The molecule has 0 aliphatic rings. The topological polar surface area (TPSA) is 155 Å². The molecule has 0 aliphatic heterocycles. The lowest BCUT2D eigenvalue weighted by molar-refractivity contribution is -0.136. The van der Waals surface area contributed by atoms with Crippen molar-refractivity contribution in [3.63, 3.8) is 0 Å². The van der Waals surface area contributed by atoms with Gasteiger partial charge in [0.2, 0.25) is 0 Å². The third-order valence-corrected chi connectivity index (χ3v) is 4.81. The third kappa shape index (κ3) is 6.67. The van der Waals surface area contributed by atoms with E-state index in [9.17, 15) is 14.4 Å². The summed E-state index contributed by atoms with van der Waals surface area (Å²) in [6.07, 6.45) is -0.205. The molecule has 6 N–H and O–H groups in total. The highest BCUT2D eigenvalue weighted by molar-refractivity contribution is 6.06. The fourth-order valence-electron chi connectivity index (χ4n) is 3.01. The van der Waals surface area contributed by atoms with Gasteiger partial charge in [-0.1, -0.05) is 42.5 Å². The Labute approximate surface area is 196 Å². The van der Waals surface area contributed by atoms with Crippen LogP contribution in [0.4, 0.5) is 5.69 Å². The van der Waals surface area contributed by atoms with Gasteiger partial charge < -0.3 is 26.2 Å². The first-order valence-electron chi connectivity index (χ1n) is 10.4. The van der Waals surface area contributed by atoms with Gasteiger partial charge in [-0.3, -0.25) is 19.8 Å². The predicted molar refractivity (Wildman–Crippen MR) is 127 cm³/mol. The van der Waals surface area contributed by atoms with Crippen LogP contribution in [0.2, 0.25) is 0 Å². The number of carboxylic acids is 1. The highest BCUT2D eigenvalue weighted by Gasteiger charge is 2.15. The number of ether oxygens (including phenoxy) is 1. The van der Waals surface area contributed by atoms with E-state index >= 15 is 0 Å². The van der Waals surface area contributed by atoms with Gasteiger partial charge in [-0.05, 0) is 35.9 Å². The number of carbonyl (C=O) groups excluding carboxylic acids is 2. The van der Waals surface area contributed by atoms with Crippen molar-refractivity contribution in [2.45, 2.75) is 13.0 Å². The van der Waals surface area contributed by atoms with Gasteiger partial charge >= 0.3 is 5.97 Å². The van der Waals surface area contributed by atoms with Gasteiger partial charge in [0.15, 0.2) is 0 Å². The summed E-state index contributed by atoms with van der Waals surface area (Å²) in [6.45, 7) is 0.228. The number of nitrogen functional groups attached to an aromatic ring is 1. The highest BCUT2D eigenvalue weighted by Crippen LogP contribution is 2.27. The van der Waals surface area contributed by atoms with Crippen molar-refractivity contribution in [2.75, 3.05) is 11.9 Å². The Kier molecular flexibility index (Phi) is 7.96. The average Bonchev–Trinajstić information content (AvgIpc) is 2.83. The molecule has 0 spiro atoms. The van der Waals surface area contributed by atoms with E-state index in [4.69, 9.17) is 21.0 Å². The summed E-state index contributed by atoms with van der Waals surface area (Å²) >= 11 is 0. The van der Waals surface area contributed by atoms with Gasteiger partial charge in [-0.25, -0.2) is 0 Å². The Balaban J connectivity index is 1.81. The molecule has 0 heterocycles. The molecule has 3 rings (SSSR count). The van der Waals surface area contributed by atoms with Gasteiger partial charge in [-0.2, -0.15) is 0 Å². The van der Waals surface area contributed by atoms with Gasteiger partial charge in [0.1, 0.15) is 18.2 Å². The Morgan fingerprint density at radius 1 is 0.882 bits per heavy atom. The quantitative estimate of drug-likeness (QED) is 0.231. The first-order chi connectivity index (χ1) is 16.3. The third-order valence-electron chi connectivity index (χ3n) is 4.81. The van der Waals surface area contributed by atoms with Crippen molar-refractivity contribution >= 4 is 29.3 Å². The first-order valence-corrected chi connectivity index (χ1v) is 10.4. The van der Waals surface area contributed by atoms with Crippen molar-refractivity contribution in [2.24, 2.45) is 5.73 Å². The molecule has 0 saturated carbocycles. The van der Waals surface area contributed by atoms with Crippen molar-refractivity contribution in [1.29, 1.82) is 5.41 Å². The first kappa shape index (κ1) is 24.0. The van der Waals surface area contributed by atoms with Crippen LogP contribution in [0.1, 0.15) is 38.3 Å². The van der Waals surface area contributed by atoms with Crippen molar-refractivity contribution < 1.29 is 24.2 Å². The summed E-state index contributed by atoms with van der Waals surface area (Å²) in [7, 11) is 0. The molecule has 0 atom stereocenters. The number of hydrogen-bond donors (Lipinski definition) is 5. The van der Waals surface area contributed by atoms with Gasteiger partial charge in [0.25, 0.3) is 11.8 Å². The number of rotatable bonds is 10. The lowest BCUT2D eigenvalue weighted by Crippen LogP contribution is -2.26. The summed E-state index contributed by atoms with van der Waals surface area (Å²) in [5, 5.41) is 21.5. The van der Waals surface area contributed by atoms with E-state index < -0.39 is 17.8 Å². The molecule has 0 radical (unpaired) electrons. The highest BCUT2D eigenvalue weighted by atomic mass is 16.5. The molecule has 9 heteroatoms. The van der Waals surface area contributed by atoms with Gasteiger partial charge in [0.05, 0.1) is 12.1 Å². The summed E-state index contributed by atoms with van der Waals surface area (Å²) < 4.78 is 5.89. The monoisotopic (exact) mass is 460 g/mol. The summed E-state index contributed by atoms with van der Waals surface area (Å²) in [5.74, 6) is -1.68. The van der Waals surface area contributed by atoms with Crippen LogP contribution in [-0.4, -0.2) is 35.3 Å². The Hall–Kier alpha value is -4.66. The van der Waals surface area contributed by atoms with Crippen LogP contribution in [-0.2, 0) is 11.4 Å². The van der Waals surface area contributed by atoms with Gasteiger partial charge in [0, 0.05) is 23.2 Å². The molecule has 2 amide bonds. The molecule has 34 heavy (non-hydrogen) atoms. The normalized spacial score (nSPS) is 10.2. The van der Waals surface area contributed by atoms with Crippen molar-refractivity contribution in [3.8, 4) is 5.75 Å². The van der Waals surface area contributed by atoms with E-state index in [-0.39, 0.29) is 36.7 Å². The number of nitrogens with one attached hydrogen (secondary N) is 3. The Bertz CT molecular complexity index is 1190. The maximum Gasteiger partial charge on any atom is 0.305 e. The molecule has 3 aromatic carbocycles. The molecule has 174 valence electrons. The average molecular weight is 460 g/mol. The second kappa shape index (κ2) is 11.3. The molecule has 0 unspecified atom stereocenters. The van der Waals surface area contributed by atoms with Crippen molar-refractivity contribution in [1.82, 2.24) is 5.32 Å². The fraction of sp³-hybridized carbons (Fsp3) is 0.120. The molecular weight excluding hydrogens is 436 g/mol. The van der Waals surface area contributed by atoms with E-state index in [2.05, 4.69) is 10.6 Å². The zero-order valence-corrected chi connectivity index (χ0v) is 18.2. The SMILES string of the molecule is N=C(N)c1ccc(C(=O)Nc2cc(C(=O)NCCC(=O)O)ccc2OCc2ccccc2)cc1. The van der Waals surface area contributed by atoms with Crippen LogP contribution in [0.25, 0.3) is 0 Å². The minimum atomic E-state index is -1.02. The molecule has 3 aromatic rings. The second-order valence-electron chi connectivity index (χ2n) is 7.33. The Morgan fingerprint density at radius 2 is 1.53 bits per heavy atom. The number of carbonyl (C=O) groups is 3. The number of anilines is 1. The minimum absolute atomic E-state index is 0.0232. The smallest absolute Gasteiger partial charge is 0.305 e. The van der Waals surface area contributed by atoms with Crippen LogP contribution in [0, 0.1) is 5.41 Å². The second-order valence-corrected chi connectivity index (χ2v) is 7.33. The lowest BCUT2D eigenvalue weighted by Gasteiger charge is -2.15. The van der Waals surface area contributed by atoms with Crippen molar-refractivity contribution in [3.05, 3.63) is 95.1 Å². The fourth-order valence-corrected chi connectivity index (χ4v) is 3.01. The zero-order chi connectivity index (χ0) is 24.5. The van der Waals surface area contributed by atoms with E-state index in [0.717, 1.165) is 5.56 Å². The summed E-state index contributed by atoms with van der Waals surface area (Å²) in [5.41, 5.74) is 7.72. The number of nitrogens with two attached hydrogens (primary N) is 1. The molecule has 0 bridgehead atoms. The number of benzene rings is 3. The molecule has 0 aliphatic carbocycles. The maximum atomic E-state index is 12.8. The molecule has 0 aromatic heterocycles. The molecule has 0 fully saturated rings. The number of amides is 2. The number of aliphatic carboxylic acids is 1. The zero-order valence-electron chi connectivity index (χ0n) is 18.2. The van der Waals surface area contributed by atoms with E-state index in [0.29, 0.717) is 16.9 Å². The van der Waals surface area contributed by atoms with E-state index in [1.807, 2.05) is 30.3 Å². The molecular formula is C25H24N4O5. The number of carboxylic acid groups (broad SMARTS) is 1. The van der Waals surface area contributed by atoms with Crippen LogP contribution in [0.5, 0.6) is 5.75 Å². The number of amidine groups is 1. The summed E-state index contributed by atoms with van der Waals surface area (Å²) in [4.78, 5) is 36.0. The predicted octanol–water partition coefficient (Wildman–Crippen LogP) is 3.01. The summed E-state index contributed by atoms with van der Waals surface area (Å²) in [6, 6.07) is 20.3. The van der Waals surface area contributed by atoms with Crippen LogP contribution >= 0.6 is 0 Å². The van der Waals surface area contributed by atoms with Crippen LogP contribution in [0.3, 0.4) is 0 Å². The maximum absolute atomic E-state index is 12.8. The lowest BCUT2D eigenvalue weighted by atomic mass is 10.1. The molecule has 9 nitrogen and oxygen atoms in total. The standard InChI is InChI=1S/C25H24N4O5/c26-23(27)17-6-8-18(9-7-17)25(33)29-20-14-19(24(32)28-13-12-22(30)31)10-11-21(20)34-15-16-4-2-1-3-5-16/h1-11,14H,12-13,15H2,(H3,26,27)(H,28,32)(H,29,33)(H,30,31). The van der Waals surface area contributed by atoms with Crippen LogP contribution in [0.15, 0.2) is 72.8 Å². The molecule has 0 saturated heterocycles. The number of hydrogen-bond acceptors (Lipinski definition) is 5. The van der Waals surface area contributed by atoms with E-state index in [1.54, 1.807) is 30.3 Å². The van der Waals surface area contributed by atoms with Crippen LogP contribution < -0.4 is 21.1 Å². The Morgan fingerprint density at radius 3 is 2.18 bits per heavy atom. The largest absolute Gasteiger partial charge is 0.487 e.